The molecule has 1 unspecified atom stereocenters. The van der Waals surface area contributed by atoms with Gasteiger partial charge in [0.2, 0.25) is 0 Å². The maximum Gasteiger partial charge on any atom is 0.120 e. The van der Waals surface area contributed by atoms with E-state index in [1.807, 2.05) is 12.1 Å². The fourth-order valence-electron chi connectivity index (χ4n) is 6.67. The molecule has 1 heterocycles. The van der Waals surface area contributed by atoms with Crippen LogP contribution in [0.1, 0.15) is 43.7 Å². The normalized spacial score (nSPS) is 31.6. The van der Waals surface area contributed by atoms with Crippen molar-refractivity contribution in [2.45, 2.75) is 50.5 Å². The fourth-order valence-corrected chi connectivity index (χ4v) is 6.67. The Labute approximate surface area is 169 Å². The molecule has 1 N–H and O–H groups in total. The summed E-state index contributed by atoms with van der Waals surface area (Å²) >= 11 is 0. The molecule has 1 aliphatic heterocycles. The van der Waals surface area contributed by atoms with Crippen LogP contribution in [0.25, 0.3) is 0 Å². The first kappa shape index (κ1) is 18.1. The molecule has 2 aromatic carbocycles. The van der Waals surface area contributed by atoms with Gasteiger partial charge in [0.05, 0.1) is 7.11 Å². The summed E-state index contributed by atoms with van der Waals surface area (Å²) in [7, 11) is 4.07. The number of piperidine rings is 1. The molecular formula is C25H32N2O. The number of benzene rings is 2. The number of anilines is 2. The van der Waals surface area contributed by atoms with Gasteiger partial charge in [-0.15, -0.1) is 0 Å². The summed E-state index contributed by atoms with van der Waals surface area (Å²) in [5.74, 6) is 2.42. The third kappa shape index (κ3) is 2.67. The minimum atomic E-state index is 0.370. The van der Waals surface area contributed by atoms with Crippen molar-refractivity contribution in [3.63, 3.8) is 0 Å². The SMILES string of the molecule is COc1cccc(Nc2ccc3c(c2)[C@@]24CCCC[C@H]2[C@@H](C3)N(C)CC4C)c1. The average molecular weight is 377 g/mol. The molecule has 28 heavy (non-hydrogen) atoms. The van der Waals surface area contributed by atoms with Gasteiger partial charge >= 0.3 is 0 Å². The summed E-state index contributed by atoms with van der Waals surface area (Å²) in [5, 5.41) is 3.63. The largest absolute Gasteiger partial charge is 0.497 e. The Bertz CT molecular complexity index is 879. The first-order chi connectivity index (χ1) is 13.6. The summed E-state index contributed by atoms with van der Waals surface area (Å²) in [6.07, 6.45) is 6.75. The van der Waals surface area contributed by atoms with E-state index in [1.54, 1.807) is 18.2 Å². The van der Waals surface area contributed by atoms with E-state index in [1.165, 1.54) is 44.3 Å². The van der Waals surface area contributed by atoms with E-state index in [4.69, 9.17) is 4.74 Å². The Morgan fingerprint density at radius 1 is 1.11 bits per heavy atom. The van der Waals surface area contributed by atoms with Crippen LogP contribution in [0.15, 0.2) is 42.5 Å². The van der Waals surface area contributed by atoms with Crippen molar-refractivity contribution in [1.29, 1.82) is 0 Å². The van der Waals surface area contributed by atoms with Gasteiger partial charge in [-0.25, -0.2) is 0 Å². The molecule has 2 aromatic rings. The lowest BCUT2D eigenvalue weighted by Crippen LogP contribution is -2.63. The van der Waals surface area contributed by atoms with Crippen LogP contribution >= 0.6 is 0 Å². The van der Waals surface area contributed by atoms with Crippen LogP contribution in [0.2, 0.25) is 0 Å². The van der Waals surface area contributed by atoms with Crippen LogP contribution in [0, 0.1) is 11.8 Å². The maximum atomic E-state index is 5.39. The van der Waals surface area contributed by atoms with E-state index in [2.05, 4.69) is 54.5 Å². The smallest absolute Gasteiger partial charge is 0.120 e. The highest BCUT2D eigenvalue weighted by atomic mass is 16.5. The molecule has 2 aliphatic carbocycles. The average Bonchev–Trinajstić information content (AvgIpc) is 2.72. The third-order valence-electron chi connectivity index (χ3n) is 7.89. The molecule has 3 heteroatoms. The number of methoxy groups -OCH3 is 1. The standard InChI is InChI=1S/C25H32N2O/c1-17-16-27(2)24-13-18-10-11-20(26-19-7-6-8-21(14-19)28-3)15-23(18)25(17)12-5-4-9-22(24)25/h6-8,10-11,14-15,17,22,24,26H,4-5,9,12-13,16H2,1-3H3/t17?,22-,24+,25+/m0/s1. The van der Waals surface area contributed by atoms with Crippen LogP contribution in [0.5, 0.6) is 5.75 Å². The van der Waals surface area contributed by atoms with E-state index in [0.29, 0.717) is 11.3 Å². The fraction of sp³-hybridized carbons (Fsp3) is 0.520. The molecule has 1 saturated carbocycles. The summed E-state index contributed by atoms with van der Waals surface area (Å²) in [5.41, 5.74) is 5.88. The lowest BCUT2D eigenvalue weighted by atomic mass is 9.49. The number of hydrogen-bond acceptors (Lipinski definition) is 3. The predicted octanol–water partition coefficient (Wildman–Crippen LogP) is 5.37. The van der Waals surface area contributed by atoms with Crippen molar-refractivity contribution in [3.05, 3.63) is 53.6 Å². The van der Waals surface area contributed by atoms with Gasteiger partial charge in [-0.1, -0.05) is 31.9 Å². The molecule has 0 aromatic heterocycles. The number of nitrogens with one attached hydrogen (secondary N) is 1. The molecule has 2 fully saturated rings. The van der Waals surface area contributed by atoms with Gasteiger partial charge in [-0.2, -0.15) is 0 Å². The van der Waals surface area contributed by atoms with Crippen molar-refractivity contribution >= 4 is 11.4 Å². The summed E-state index contributed by atoms with van der Waals surface area (Å²) in [4.78, 5) is 2.66. The molecule has 3 aliphatic rings. The number of likely N-dealkylation sites (tertiary alicyclic amines) is 1. The van der Waals surface area contributed by atoms with Crippen LogP contribution in [-0.4, -0.2) is 31.6 Å². The van der Waals surface area contributed by atoms with Gasteiger partial charge in [0.15, 0.2) is 0 Å². The minimum Gasteiger partial charge on any atom is -0.497 e. The summed E-state index contributed by atoms with van der Waals surface area (Å²) in [6.45, 7) is 3.73. The second kappa shape index (κ2) is 6.81. The van der Waals surface area contributed by atoms with Gasteiger partial charge in [0.1, 0.15) is 5.75 Å². The predicted molar refractivity (Wildman–Crippen MR) is 116 cm³/mol. The zero-order valence-corrected chi connectivity index (χ0v) is 17.4. The van der Waals surface area contributed by atoms with Crippen LogP contribution < -0.4 is 10.1 Å². The van der Waals surface area contributed by atoms with Crippen molar-refractivity contribution < 1.29 is 4.74 Å². The number of rotatable bonds is 3. The Morgan fingerprint density at radius 3 is 2.82 bits per heavy atom. The molecule has 0 spiro atoms. The van der Waals surface area contributed by atoms with Crippen molar-refractivity contribution in [1.82, 2.24) is 4.90 Å². The van der Waals surface area contributed by atoms with Gasteiger partial charge in [-0.3, -0.25) is 0 Å². The topological polar surface area (TPSA) is 24.5 Å². The van der Waals surface area contributed by atoms with Crippen molar-refractivity contribution in [2.24, 2.45) is 11.8 Å². The Kier molecular flexibility index (Phi) is 4.39. The summed E-state index contributed by atoms with van der Waals surface area (Å²) in [6, 6.07) is 16.1. The van der Waals surface area contributed by atoms with Crippen LogP contribution in [-0.2, 0) is 11.8 Å². The van der Waals surface area contributed by atoms with Gasteiger partial charge in [0.25, 0.3) is 0 Å². The monoisotopic (exact) mass is 376 g/mol. The lowest BCUT2D eigenvalue weighted by molar-refractivity contribution is -0.0362. The van der Waals surface area contributed by atoms with E-state index >= 15 is 0 Å². The van der Waals surface area contributed by atoms with Crippen molar-refractivity contribution in [3.8, 4) is 5.75 Å². The first-order valence-corrected chi connectivity index (χ1v) is 10.9. The summed E-state index contributed by atoms with van der Waals surface area (Å²) < 4.78 is 5.39. The number of fused-ring (bicyclic) bond motifs is 1. The molecule has 0 amide bonds. The second-order valence-electron chi connectivity index (χ2n) is 9.23. The Balaban J connectivity index is 1.56. The highest BCUT2D eigenvalue weighted by Gasteiger charge is 2.56. The molecule has 5 rings (SSSR count). The number of likely N-dealkylation sites (N-methyl/N-ethyl adjacent to an activating group) is 1. The van der Waals surface area contributed by atoms with E-state index < -0.39 is 0 Å². The number of nitrogens with zero attached hydrogens (tertiary/aromatic N) is 1. The number of ether oxygens (including phenoxy) is 1. The molecular weight excluding hydrogens is 344 g/mol. The Morgan fingerprint density at radius 2 is 1.96 bits per heavy atom. The maximum absolute atomic E-state index is 5.39. The second-order valence-corrected chi connectivity index (χ2v) is 9.23. The zero-order valence-electron chi connectivity index (χ0n) is 17.4. The molecule has 1 saturated heterocycles. The van der Waals surface area contributed by atoms with Crippen LogP contribution in [0.3, 0.4) is 0 Å². The van der Waals surface area contributed by atoms with E-state index in [0.717, 1.165) is 23.4 Å². The number of hydrogen-bond donors (Lipinski definition) is 1. The third-order valence-corrected chi connectivity index (χ3v) is 7.89. The molecule has 2 bridgehead atoms. The quantitative estimate of drug-likeness (QED) is 0.779. The van der Waals surface area contributed by atoms with Crippen molar-refractivity contribution in [2.75, 3.05) is 26.0 Å². The molecule has 0 radical (unpaired) electrons. The van der Waals surface area contributed by atoms with Gasteiger partial charge in [-0.05, 0) is 73.5 Å². The van der Waals surface area contributed by atoms with Crippen LogP contribution in [0.4, 0.5) is 11.4 Å². The first-order valence-electron chi connectivity index (χ1n) is 10.9. The lowest BCUT2D eigenvalue weighted by Gasteiger charge is -2.61. The van der Waals surface area contributed by atoms with Gasteiger partial charge < -0.3 is 15.0 Å². The van der Waals surface area contributed by atoms with E-state index in [9.17, 15) is 0 Å². The van der Waals surface area contributed by atoms with E-state index in [-0.39, 0.29) is 0 Å². The zero-order chi connectivity index (χ0) is 19.3. The Hall–Kier alpha value is -2.00. The highest BCUT2D eigenvalue weighted by molar-refractivity contribution is 5.64. The minimum absolute atomic E-state index is 0.370. The highest BCUT2D eigenvalue weighted by Crippen LogP contribution is 2.58. The van der Waals surface area contributed by atoms with Gasteiger partial charge in [0, 0.05) is 35.4 Å². The molecule has 3 nitrogen and oxygen atoms in total. The molecule has 148 valence electrons. The molecule has 4 atom stereocenters.